The van der Waals surface area contributed by atoms with E-state index in [0.717, 1.165) is 22.9 Å². The Kier molecular flexibility index (Phi) is 4.78. The minimum atomic E-state index is -0.509. The van der Waals surface area contributed by atoms with Crippen molar-refractivity contribution < 1.29 is 14.6 Å². The second kappa shape index (κ2) is 6.15. The predicted octanol–water partition coefficient (Wildman–Crippen LogP) is 2.55. The summed E-state index contributed by atoms with van der Waals surface area (Å²) in [7, 11) is 1.68. The van der Waals surface area contributed by atoms with Crippen LogP contribution in [0.2, 0.25) is 0 Å². The van der Waals surface area contributed by atoms with Crippen molar-refractivity contribution in [2.75, 3.05) is 20.3 Å². The van der Waals surface area contributed by atoms with E-state index in [1.165, 1.54) is 0 Å². The molecule has 1 aromatic rings. The number of methoxy groups -OCH3 is 1. The number of ether oxygens (including phenoxy) is 2. The first-order chi connectivity index (χ1) is 8.68. The van der Waals surface area contributed by atoms with Crippen molar-refractivity contribution in [3.8, 4) is 0 Å². The van der Waals surface area contributed by atoms with Crippen LogP contribution in [0, 0.1) is 0 Å². The van der Waals surface area contributed by atoms with Crippen LogP contribution in [-0.4, -0.2) is 37.1 Å². The smallest absolute Gasteiger partial charge is 0.0983 e. The minimum absolute atomic E-state index is 0.465. The average molecular weight is 315 g/mol. The van der Waals surface area contributed by atoms with Crippen molar-refractivity contribution in [3.05, 3.63) is 34.3 Å². The lowest BCUT2D eigenvalue weighted by atomic mass is 9.85. The molecule has 1 aliphatic heterocycles. The lowest BCUT2D eigenvalue weighted by Gasteiger charge is -2.39. The molecular weight excluding hydrogens is 296 g/mol. The average Bonchev–Trinajstić information content (AvgIpc) is 2.42. The van der Waals surface area contributed by atoms with Gasteiger partial charge in [0.05, 0.1) is 11.7 Å². The van der Waals surface area contributed by atoms with E-state index in [4.69, 9.17) is 9.47 Å². The van der Waals surface area contributed by atoms with Gasteiger partial charge in [-0.3, -0.25) is 0 Å². The van der Waals surface area contributed by atoms with E-state index in [0.29, 0.717) is 19.6 Å². The summed E-state index contributed by atoms with van der Waals surface area (Å²) < 4.78 is 12.0. The summed E-state index contributed by atoms with van der Waals surface area (Å²) >= 11 is 3.51. The fourth-order valence-corrected chi connectivity index (χ4v) is 2.90. The molecule has 1 aromatic carbocycles. The first-order valence-corrected chi connectivity index (χ1v) is 7.01. The number of hydrogen-bond acceptors (Lipinski definition) is 3. The van der Waals surface area contributed by atoms with Gasteiger partial charge < -0.3 is 14.6 Å². The molecule has 2 rings (SSSR count). The molecule has 0 aliphatic carbocycles. The van der Waals surface area contributed by atoms with Gasteiger partial charge in [-0.1, -0.05) is 34.1 Å². The molecule has 0 aromatic heterocycles. The Bertz CT molecular complexity index is 388. The molecule has 0 bridgehead atoms. The topological polar surface area (TPSA) is 38.7 Å². The zero-order valence-corrected chi connectivity index (χ0v) is 12.1. The van der Waals surface area contributed by atoms with Crippen LogP contribution in [0.5, 0.6) is 0 Å². The van der Waals surface area contributed by atoms with Gasteiger partial charge in [-0.05, 0) is 11.6 Å². The van der Waals surface area contributed by atoms with Gasteiger partial charge in [-0.25, -0.2) is 0 Å². The normalized spacial score (nSPS) is 20.6. The number of halogens is 1. The molecule has 1 aliphatic rings. The SMILES string of the molecule is COC1(C(O)Cc2ccccc2Br)CCOCC1. The summed E-state index contributed by atoms with van der Waals surface area (Å²) in [5.74, 6) is 0. The third kappa shape index (κ3) is 2.94. The summed E-state index contributed by atoms with van der Waals surface area (Å²) in [5.41, 5.74) is 0.640. The maximum absolute atomic E-state index is 10.5. The number of aliphatic hydroxyl groups excluding tert-OH is 1. The van der Waals surface area contributed by atoms with Crippen LogP contribution >= 0.6 is 15.9 Å². The van der Waals surface area contributed by atoms with Crippen molar-refractivity contribution in [1.29, 1.82) is 0 Å². The number of aliphatic hydroxyl groups is 1. The van der Waals surface area contributed by atoms with E-state index in [2.05, 4.69) is 15.9 Å². The Morgan fingerprint density at radius 3 is 2.67 bits per heavy atom. The van der Waals surface area contributed by atoms with E-state index in [-0.39, 0.29) is 0 Å². The van der Waals surface area contributed by atoms with E-state index < -0.39 is 11.7 Å². The van der Waals surface area contributed by atoms with Gasteiger partial charge in [0.15, 0.2) is 0 Å². The Hall–Kier alpha value is -0.420. The van der Waals surface area contributed by atoms with E-state index in [1.807, 2.05) is 24.3 Å². The zero-order valence-electron chi connectivity index (χ0n) is 10.6. The standard InChI is InChI=1S/C14H19BrO3/c1-17-14(6-8-18-9-7-14)13(16)10-11-4-2-3-5-12(11)15/h2-5,13,16H,6-10H2,1H3. The maximum Gasteiger partial charge on any atom is 0.0983 e. The lowest BCUT2D eigenvalue weighted by molar-refractivity contribution is -0.151. The molecular formula is C14H19BrO3. The third-order valence-electron chi connectivity index (χ3n) is 3.72. The highest BCUT2D eigenvalue weighted by Gasteiger charge is 2.39. The Morgan fingerprint density at radius 1 is 1.39 bits per heavy atom. The molecule has 0 spiro atoms. The highest BCUT2D eigenvalue weighted by Crippen LogP contribution is 2.31. The number of hydrogen-bond donors (Lipinski definition) is 1. The highest BCUT2D eigenvalue weighted by atomic mass is 79.9. The van der Waals surface area contributed by atoms with Crippen molar-refractivity contribution in [2.45, 2.75) is 31.0 Å². The van der Waals surface area contributed by atoms with Crippen LogP contribution in [0.15, 0.2) is 28.7 Å². The molecule has 4 heteroatoms. The first kappa shape index (κ1) is 14.0. The third-order valence-corrected chi connectivity index (χ3v) is 4.50. The zero-order chi connectivity index (χ0) is 13.0. The lowest BCUT2D eigenvalue weighted by Crippen LogP contribution is -2.49. The second-order valence-corrected chi connectivity index (χ2v) is 5.55. The number of rotatable bonds is 4. The molecule has 1 atom stereocenters. The van der Waals surface area contributed by atoms with Gasteiger partial charge in [0.2, 0.25) is 0 Å². The van der Waals surface area contributed by atoms with Crippen molar-refractivity contribution in [3.63, 3.8) is 0 Å². The Balaban J connectivity index is 2.10. The predicted molar refractivity (Wildman–Crippen MR) is 73.6 cm³/mol. The summed E-state index contributed by atoms with van der Waals surface area (Å²) in [6.07, 6.45) is 1.57. The highest BCUT2D eigenvalue weighted by molar-refractivity contribution is 9.10. The largest absolute Gasteiger partial charge is 0.390 e. The molecule has 0 saturated carbocycles. The van der Waals surface area contributed by atoms with Crippen LogP contribution in [0.25, 0.3) is 0 Å². The molecule has 100 valence electrons. The van der Waals surface area contributed by atoms with Crippen molar-refractivity contribution in [1.82, 2.24) is 0 Å². The maximum atomic E-state index is 10.5. The van der Waals surface area contributed by atoms with E-state index >= 15 is 0 Å². The molecule has 1 fully saturated rings. The Labute approximate surface area is 116 Å². The second-order valence-electron chi connectivity index (χ2n) is 4.69. The van der Waals surface area contributed by atoms with Gasteiger partial charge in [0.25, 0.3) is 0 Å². The van der Waals surface area contributed by atoms with Crippen LogP contribution in [0.4, 0.5) is 0 Å². The fourth-order valence-electron chi connectivity index (χ4n) is 2.45. The summed E-state index contributed by atoms with van der Waals surface area (Å²) in [5, 5.41) is 10.5. The van der Waals surface area contributed by atoms with Crippen LogP contribution < -0.4 is 0 Å². The quantitative estimate of drug-likeness (QED) is 0.928. The number of benzene rings is 1. The summed E-state index contributed by atoms with van der Waals surface area (Å²) in [4.78, 5) is 0. The molecule has 1 N–H and O–H groups in total. The van der Waals surface area contributed by atoms with Crippen LogP contribution in [0.1, 0.15) is 18.4 Å². The molecule has 3 nitrogen and oxygen atoms in total. The van der Waals surface area contributed by atoms with Crippen LogP contribution in [-0.2, 0) is 15.9 Å². The van der Waals surface area contributed by atoms with Gasteiger partial charge in [0.1, 0.15) is 0 Å². The van der Waals surface area contributed by atoms with Crippen molar-refractivity contribution >= 4 is 15.9 Å². The monoisotopic (exact) mass is 314 g/mol. The Morgan fingerprint density at radius 2 is 2.06 bits per heavy atom. The van der Waals surface area contributed by atoms with Gasteiger partial charge >= 0.3 is 0 Å². The molecule has 0 amide bonds. The first-order valence-electron chi connectivity index (χ1n) is 6.22. The van der Waals surface area contributed by atoms with E-state index in [9.17, 15) is 5.11 Å². The van der Waals surface area contributed by atoms with Gasteiger partial charge in [-0.2, -0.15) is 0 Å². The van der Waals surface area contributed by atoms with Crippen LogP contribution in [0.3, 0.4) is 0 Å². The van der Waals surface area contributed by atoms with E-state index in [1.54, 1.807) is 7.11 Å². The van der Waals surface area contributed by atoms with Crippen molar-refractivity contribution in [2.24, 2.45) is 0 Å². The molecule has 1 unspecified atom stereocenters. The summed E-state index contributed by atoms with van der Waals surface area (Å²) in [6.45, 7) is 1.31. The molecule has 0 radical (unpaired) electrons. The molecule has 18 heavy (non-hydrogen) atoms. The summed E-state index contributed by atoms with van der Waals surface area (Å²) in [6, 6.07) is 7.97. The molecule has 1 saturated heterocycles. The fraction of sp³-hybridized carbons (Fsp3) is 0.571. The van der Waals surface area contributed by atoms with Gasteiger partial charge in [-0.15, -0.1) is 0 Å². The molecule has 1 heterocycles. The van der Waals surface area contributed by atoms with Gasteiger partial charge in [0, 0.05) is 44.1 Å². The minimum Gasteiger partial charge on any atom is -0.390 e.